The van der Waals surface area contributed by atoms with Gasteiger partial charge in [0.25, 0.3) is 0 Å². The molecule has 0 aliphatic heterocycles. The van der Waals surface area contributed by atoms with E-state index in [4.69, 9.17) is 15.0 Å². The van der Waals surface area contributed by atoms with Gasteiger partial charge in [0.2, 0.25) is 5.95 Å². The maximum absolute atomic E-state index is 5.33. The van der Waals surface area contributed by atoms with E-state index in [2.05, 4.69) is 199 Å². The molecule has 2 aromatic heterocycles. The molecule has 2 aliphatic rings. The number of rotatable bonds is 5. The Hall–Kier alpha value is -8.21. The minimum absolute atomic E-state index is 0.427. The van der Waals surface area contributed by atoms with Crippen molar-refractivity contribution in [1.82, 2.24) is 19.5 Å². The van der Waals surface area contributed by atoms with Gasteiger partial charge in [-0.3, -0.25) is 4.57 Å². The predicted molar refractivity (Wildman–Crippen MR) is 252 cm³/mol. The van der Waals surface area contributed by atoms with Crippen LogP contribution in [0.3, 0.4) is 0 Å². The van der Waals surface area contributed by atoms with Crippen LogP contribution in [0.5, 0.6) is 0 Å². The Kier molecular flexibility index (Phi) is 7.49. The first kappa shape index (κ1) is 34.6. The Morgan fingerprint density at radius 3 is 1.55 bits per heavy atom. The topological polar surface area (TPSA) is 43.6 Å². The second-order valence-electron chi connectivity index (χ2n) is 16.3. The molecule has 0 saturated heterocycles. The van der Waals surface area contributed by atoms with Crippen LogP contribution in [-0.4, -0.2) is 19.5 Å². The Labute approximate surface area is 359 Å². The zero-order valence-corrected chi connectivity index (χ0v) is 33.6. The Morgan fingerprint density at radius 1 is 0.323 bits per heavy atom. The molecule has 288 valence electrons. The van der Waals surface area contributed by atoms with Gasteiger partial charge >= 0.3 is 0 Å². The summed E-state index contributed by atoms with van der Waals surface area (Å²) < 4.78 is 2.23. The lowest BCUT2D eigenvalue weighted by atomic mass is 9.70. The van der Waals surface area contributed by atoms with Crippen LogP contribution in [0.1, 0.15) is 22.3 Å². The highest BCUT2D eigenvalue weighted by Gasteiger charge is 2.52. The molecular formula is C58H36N4. The largest absolute Gasteiger partial charge is 0.278 e. The van der Waals surface area contributed by atoms with Gasteiger partial charge in [-0.05, 0) is 85.0 Å². The lowest BCUT2D eigenvalue weighted by Crippen LogP contribution is -2.25. The van der Waals surface area contributed by atoms with E-state index in [1.165, 1.54) is 55.6 Å². The van der Waals surface area contributed by atoms with E-state index in [-0.39, 0.29) is 0 Å². The van der Waals surface area contributed by atoms with Gasteiger partial charge in [0.05, 0.1) is 16.4 Å². The molecule has 0 fully saturated rings. The van der Waals surface area contributed by atoms with Crippen molar-refractivity contribution in [3.63, 3.8) is 0 Å². The Bertz CT molecular complexity index is 3540. The molecule has 0 unspecified atom stereocenters. The molecule has 4 heteroatoms. The molecule has 11 aromatic rings. The molecule has 0 saturated carbocycles. The van der Waals surface area contributed by atoms with Gasteiger partial charge in [0.15, 0.2) is 11.6 Å². The summed E-state index contributed by atoms with van der Waals surface area (Å²) in [5.74, 6) is 1.82. The molecule has 9 aromatic carbocycles. The van der Waals surface area contributed by atoms with E-state index in [1.54, 1.807) is 0 Å². The highest BCUT2D eigenvalue weighted by molar-refractivity contribution is 6.17. The first-order valence-corrected chi connectivity index (χ1v) is 21.2. The molecule has 13 rings (SSSR count). The van der Waals surface area contributed by atoms with Crippen molar-refractivity contribution in [3.05, 3.63) is 241 Å². The summed E-state index contributed by atoms with van der Waals surface area (Å²) in [6, 6.07) is 78.5. The Balaban J connectivity index is 1.07. The number of fused-ring (bicyclic) bond motifs is 13. The van der Waals surface area contributed by atoms with Crippen molar-refractivity contribution >= 4 is 21.8 Å². The van der Waals surface area contributed by atoms with Crippen molar-refractivity contribution in [3.8, 4) is 73.2 Å². The van der Waals surface area contributed by atoms with Crippen LogP contribution in [0.25, 0.3) is 95.0 Å². The van der Waals surface area contributed by atoms with Gasteiger partial charge in [-0.15, -0.1) is 0 Å². The van der Waals surface area contributed by atoms with E-state index < -0.39 is 5.41 Å². The first-order valence-electron chi connectivity index (χ1n) is 21.2. The maximum atomic E-state index is 5.33. The third-order valence-corrected chi connectivity index (χ3v) is 13.1. The maximum Gasteiger partial charge on any atom is 0.238 e. The lowest BCUT2D eigenvalue weighted by Gasteiger charge is -2.30. The summed E-state index contributed by atoms with van der Waals surface area (Å²) in [5.41, 5.74) is 18.6. The van der Waals surface area contributed by atoms with Crippen LogP contribution >= 0.6 is 0 Å². The number of nitrogens with zero attached hydrogens (tertiary/aromatic N) is 4. The quantitative estimate of drug-likeness (QED) is 0.174. The zero-order valence-electron chi connectivity index (χ0n) is 33.6. The summed E-state index contributed by atoms with van der Waals surface area (Å²) in [6.07, 6.45) is 0. The van der Waals surface area contributed by atoms with Gasteiger partial charge in [0, 0.05) is 21.9 Å². The highest BCUT2D eigenvalue weighted by Crippen LogP contribution is 2.64. The number of hydrogen-bond acceptors (Lipinski definition) is 3. The van der Waals surface area contributed by atoms with Crippen molar-refractivity contribution < 1.29 is 0 Å². The van der Waals surface area contributed by atoms with E-state index in [0.717, 1.165) is 44.1 Å². The Morgan fingerprint density at radius 2 is 0.806 bits per heavy atom. The van der Waals surface area contributed by atoms with E-state index >= 15 is 0 Å². The highest BCUT2D eigenvalue weighted by atomic mass is 15.2. The van der Waals surface area contributed by atoms with Crippen LogP contribution in [-0.2, 0) is 5.41 Å². The van der Waals surface area contributed by atoms with Gasteiger partial charge in [0.1, 0.15) is 0 Å². The summed E-state index contributed by atoms with van der Waals surface area (Å²) in [4.78, 5) is 15.7. The van der Waals surface area contributed by atoms with E-state index in [1.807, 2.05) is 24.3 Å². The standard InChI is InChI=1S/C58H36N4/c1-3-18-37(19-4-1)39-22-15-23-40(36-39)56-59-55(38-20-5-2-6-21-38)60-57(61-56)62-51-34-14-10-27-46(51)54-44(29-17-35-52(54)62)43-28-16-33-50-53(43)45-26-9-13-32-49(45)58(50)47-30-11-7-24-41(47)42-25-8-12-31-48(42)58/h1-36H. The van der Waals surface area contributed by atoms with Crippen LogP contribution in [0.15, 0.2) is 218 Å². The molecule has 4 nitrogen and oxygen atoms in total. The molecule has 2 aliphatic carbocycles. The molecular weight excluding hydrogens is 753 g/mol. The first-order chi connectivity index (χ1) is 30.8. The predicted octanol–water partition coefficient (Wildman–Crippen LogP) is 14.0. The van der Waals surface area contributed by atoms with Crippen LogP contribution < -0.4 is 0 Å². The lowest BCUT2D eigenvalue weighted by molar-refractivity contribution is 0.794. The van der Waals surface area contributed by atoms with Gasteiger partial charge in [-0.2, -0.15) is 9.97 Å². The van der Waals surface area contributed by atoms with Gasteiger partial charge < -0.3 is 0 Å². The van der Waals surface area contributed by atoms with Crippen molar-refractivity contribution in [2.24, 2.45) is 0 Å². The van der Waals surface area contributed by atoms with Crippen LogP contribution in [0.4, 0.5) is 0 Å². The van der Waals surface area contributed by atoms with Gasteiger partial charge in [-0.1, -0.05) is 200 Å². The fraction of sp³-hybridized carbons (Fsp3) is 0.0172. The molecule has 0 N–H and O–H groups in total. The molecule has 0 radical (unpaired) electrons. The number of aromatic nitrogens is 4. The zero-order chi connectivity index (χ0) is 40.8. The second-order valence-corrected chi connectivity index (χ2v) is 16.3. The van der Waals surface area contributed by atoms with Crippen LogP contribution in [0.2, 0.25) is 0 Å². The molecule has 1 spiro atoms. The minimum Gasteiger partial charge on any atom is -0.278 e. The average molecular weight is 789 g/mol. The average Bonchev–Trinajstić information content (AvgIpc) is 3.97. The third kappa shape index (κ3) is 4.86. The number of benzene rings is 9. The third-order valence-electron chi connectivity index (χ3n) is 13.1. The second kappa shape index (κ2) is 13.4. The van der Waals surface area contributed by atoms with Gasteiger partial charge in [-0.25, -0.2) is 4.98 Å². The van der Waals surface area contributed by atoms with Crippen molar-refractivity contribution in [2.45, 2.75) is 5.41 Å². The number of para-hydroxylation sites is 1. The number of hydrogen-bond donors (Lipinski definition) is 0. The van der Waals surface area contributed by atoms with E-state index in [9.17, 15) is 0 Å². The van der Waals surface area contributed by atoms with Crippen LogP contribution in [0, 0.1) is 0 Å². The monoisotopic (exact) mass is 788 g/mol. The smallest absolute Gasteiger partial charge is 0.238 e. The summed E-state index contributed by atoms with van der Waals surface area (Å²) in [6.45, 7) is 0. The summed E-state index contributed by atoms with van der Waals surface area (Å²) in [5, 5.41) is 2.30. The fourth-order valence-corrected chi connectivity index (χ4v) is 10.6. The SMILES string of the molecule is c1ccc(-c2cccc(-c3nc(-c4ccccc4)nc(-n4c5ccccc5c5c(-c6cccc7c6-c6ccccc6C76c7ccccc7-c7ccccc76)cccc54)n3)c2)cc1. The molecule has 2 heterocycles. The van der Waals surface area contributed by atoms with Crippen molar-refractivity contribution in [2.75, 3.05) is 0 Å². The summed E-state index contributed by atoms with van der Waals surface area (Å²) >= 11 is 0. The minimum atomic E-state index is -0.427. The molecule has 0 bridgehead atoms. The molecule has 0 amide bonds. The molecule has 62 heavy (non-hydrogen) atoms. The van der Waals surface area contributed by atoms with Crippen molar-refractivity contribution in [1.29, 1.82) is 0 Å². The van der Waals surface area contributed by atoms with E-state index in [0.29, 0.717) is 17.6 Å². The molecule has 0 atom stereocenters. The summed E-state index contributed by atoms with van der Waals surface area (Å²) in [7, 11) is 0. The normalized spacial score (nSPS) is 13.0. The fourth-order valence-electron chi connectivity index (χ4n) is 10.6.